The quantitative estimate of drug-likeness (QED) is 0.435. The molecule has 0 atom stereocenters. The molecule has 0 N–H and O–H groups in total. The number of carbonyl (C=O) groups excluding carboxylic acids is 1. The monoisotopic (exact) mass is 264 g/mol. The molecule has 0 radical (unpaired) electrons. The summed E-state index contributed by atoms with van der Waals surface area (Å²) in [6, 6.07) is 0. The van der Waals surface area contributed by atoms with Crippen molar-refractivity contribution in [2.45, 2.75) is 20.8 Å². The van der Waals surface area contributed by atoms with Gasteiger partial charge in [-0.05, 0) is 32.9 Å². The van der Waals surface area contributed by atoms with Crippen molar-refractivity contribution in [2.24, 2.45) is 0 Å². The van der Waals surface area contributed by atoms with Crippen LogP contribution < -0.4 is 0 Å². The first kappa shape index (κ1) is 10.9. The number of alkyl halides is 1. The van der Waals surface area contributed by atoms with Gasteiger partial charge in [0, 0.05) is 4.43 Å². The summed E-state index contributed by atoms with van der Waals surface area (Å²) in [6.07, 6.45) is 3.33. The second kappa shape index (κ2) is 5.52. The van der Waals surface area contributed by atoms with Gasteiger partial charge in [0.25, 0.3) is 0 Å². The predicted octanol–water partition coefficient (Wildman–Crippen LogP) is 2.90. The lowest BCUT2D eigenvalue weighted by molar-refractivity contribution is -0.110. The van der Waals surface area contributed by atoms with Gasteiger partial charge < -0.3 is 0 Å². The van der Waals surface area contributed by atoms with Gasteiger partial charge in [-0.15, -0.1) is 0 Å². The first-order valence-electron chi connectivity index (χ1n) is 3.48. The van der Waals surface area contributed by atoms with Crippen LogP contribution in [0.4, 0.5) is 0 Å². The van der Waals surface area contributed by atoms with E-state index in [-0.39, 0.29) is 5.78 Å². The van der Waals surface area contributed by atoms with Gasteiger partial charge in [-0.1, -0.05) is 33.7 Å². The molecule has 0 aromatic rings. The lowest BCUT2D eigenvalue weighted by Gasteiger charge is -1.91. The molecule has 0 saturated carbocycles. The Morgan fingerprint density at radius 2 is 1.82 bits per heavy atom. The van der Waals surface area contributed by atoms with Crippen LogP contribution in [0.25, 0.3) is 0 Å². The van der Waals surface area contributed by atoms with Crippen LogP contribution in [0.3, 0.4) is 0 Å². The molecular weight excluding hydrogens is 251 g/mol. The van der Waals surface area contributed by atoms with Crippen LogP contribution in [-0.4, -0.2) is 10.2 Å². The van der Waals surface area contributed by atoms with E-state index in [2.05, 4.69) is 22.6 Å². The van der Waals surface area contributed by atoms with Gasteiger partial charge in [-0.25, -0.2) is 0 Å². The van der Waals surface area contributed by atoms with Crippen LogP contribution in [0.2, 0.25) is 0 Å². The van der Waals surface area contributed by atoms with Crippen molar-refractivity contribution in [3.8, 4) is 0 Å². The van der Waals surface area contributed by atoms with Crippen LogP contribution in [0, 0.1) is 0 Å². The fourth-order valence-electron chi connectivity index (χ4n) is 0.608. The molecule has 0 saturated heterocycles. The van der Waals surface area contributed by atoms with Crippen molar-refractivity contribution in [1.82, 2.24) is 0 Å². The van der Waals surface area contributed by atoms with Gasteiger partial charge in [0.15, 0.2) is 5.78 Å². The average molecular weight is 264 g/mol. The second-order valence-electron chi connectivity index (χ2n) is 2.75. The maximum Gasteiger partial charge on any atom is 0.178 e. The van der Waals surface area contributed by atoms with Crippen LogP contribution in [0.5, 0.6) is 0 Å². The van der Waals surface area contributed by atoms with Gasteiger partial charge in [-0.2, -0.15) is 0 Å². The molecule has 0 spiro atoms. The normalized spacial score (nSPS) is 11.1. The Bertz CT molecular complexity index is 198. The van der Waals surface area contributed by atoms with Crippen molar-refractivity contribution >= 4 is 28.4 Å². The molecule has 0 heterocycles. The van der Waals surface area contributed by atoms with E-state index in [1.807, 2.05) is 20.8 Å². The summed E-state index contributed by atoms with van der Waals surface area (Å²) in [6.45, 7) is 5.80. The Morgan fingerprint density at radius 3 is 2.18 bits per heavy atom. The Balaban J connectivity index is 4.19. The molecule has 0 aliphatic rings. The molecule has 0 unspecified atom stereocenters. The third kappa shape index (κ3) is 6.28. The number of hydrogen-bond acceptors (Lipinski definition) is 1. The summed E-state index contributed by atoms with van der Waals surface area (Å²) >= 11 is 2.24. The van der Waals surface area contributed by atoms with Crippen LogP contribution in [0.15, 0.2) is 23.3 Å². The first-order chi connectivity index (χ1) is 5.06. The molecule has 0 rings (SSSR count). The van der Waals surface area contributed by atoms with Gasteiger partial charge in [0.1, 0.15) is 0 Å². The zero-order chi connectivity index (χ0) is 8.85. The van der Waals surface area contributed by atoms with Crippen molar-refractivity contribution < 1.29 is 4.79 Å². The molecule has 0 amide bonds. The van der Waals surface area contributed by atoms with E-state index >= 15 is 0 Å². The van der Waals surface area contributed by atoms with Gasteiger partial charge >= 0.3 is 0 Å². The fraction of sp³-hybridized carbons (Fsp3) is 0.444. The molecule has 0 aromatic heterocycles. The van der Waals surface area contributed by atoms with Gasteiger partial charge in [0.2, 0.25) is 0 Å². The summed E-state index contributed by atoms with van der Waals surface area (Å²) < 4.78 is 0.917. The lowest BCUT2D eigenvalue weighted by Crippen LogP contribution is -1.89. The molecule has 11 heavy (non-hydrogen) atoms. The second-order valence-corrected chi connectivity index (χ2v) is 3.51. The van der Waals surface area contributed by atoms with E-state index in [1.54, 1.807) is 12.2 Å². The van der Waals surface area contributed by atoms with E-state index in [0.29, 0.717) is 0 Å². The number of ketones is 1. The number of rotatable bonds is 3. The maximum atomic E-state index is 11.1. The largest absolute Gasteiger partial charge is 0.290 e. The molecule has 2 heteroatoms. The number of allylic oxidation sites excluding steroid dienone is 4. The van der Waals surface area contributed by atoms with E-state index in [0.717, 1.165) is 15.6 Å². The molecule has 0 bridgehead atoms. The molecule has 0 aromatic carbocycles. The third-order valence-corrected chi connectivity index (χ3v) is 2.23. The molecule has 1 nitrogen and oxygen atoms in total. The first-order valence-corrected chi connectivity index (χ1v) is 5.01. The molecule has 0 fully saturated rings. The van der Waals surface area contributed by atoms with Crippen LogP contribution >= 0.6 is 22.6 Å². The van der Waals surface area contributed by atoms with E-state index in [9.17, 15) is 4.79 Å². The third-order valence-electron chi connectivity index (χ3n) is 1.03. The highest BCUT2D eigenvalue weighted by atomic mass is 127. The van der Waals surface area contributed by atoms with E-state index in [1.165, 1.54) is 0 Å². The Labute approximate surface area is 81.7 Å². The summed E-state index contributed by atoms with van der Waals surface area (Å²) in [4.78, 5) is 11.1. The molecule has 0 aliphatic carbocycles. The highest BCUT2D eigenvalue weighted by Gasteiger charge is 1.92. The minimum Gasteiger partial charge on any atom is -0.290 e. The van der Waals surface area contributed by atoms with Gasteiger partial charge in [-0.3, -0.25) is 4.79 Å². The Kier molecular flexibility index (Phi) is 5.46. The van der Waals surface area contributed by atoms with Gasteiger partial charge in [0.05, 0.1) is 0 Å². The molecular formula is C9H13IO. The zero-order valence-corrected chi connectivity index (χ0v) is 9.31. The smallest absolute Gasteiger partial charge is 0.178 e. The van der Waals surface area contributed by atoms with E-state index in [4.69, 9.17) is 0 Å². The zero-order valence-electron chi connectivity index (χ0n) is 7.15. The Morgan fingerprint density at radius 1 is 1.27 bits per heavy atom. The van der Waals surface area contributed by atoms with Crippen LogP contribution in [0.1, 0.15) is 20.8 Å². The highest BCUT2D eigenvalue weighted by Crippen LogP contribution is 1.99. The summed E-state index contributed by atoms with van der Waals surface area (Å²) in [5.74, 6) is 0.0965. The summed E-state index contributed by atoms with van der Waals surface area (Å²) in [7, 11) is 0. The topological polar surface area (TPSA) is 17.1 Å². The minimum absolute atomic E-state index is 0.0965. The fourth-order valence-corrected chi connectivity index (χ4v) is 0.828. The van der Waals surface area contributed by atoms with Crippen molar-refractivity contribution in [1.29, 1.82) is 0 Å². The molecule has 62 valence electrons. The minimum atomic E-state index is 0.0965. The predicted molar refractivity (Wildman–Crippen MR) is 57.1 cm³/mol. The van der Waals surface area contributed by atoms with Crippen molar-refractivity contribution in [2.75, 3.05) is 4.43 Å². The SMILES string of the molecule is CC(C)=CC(=O)C=C(C)CI. The number of hydrogen-bond donors (Lipinski definition) is 0. The van der Waals surface area contributed by atoms with E-state index < -0.39 is 0 Å². The summed E-state index contributed by atoms with van der Waals surface area (Å²) in [5.41, 5.74) is 2.17. The highest BCUT2D eigenvalue weighted by molar-refractivity contribution is 14.1. The average Bonchev–Trinajstić information content (AvgIpc) is 1.85. The number of carbonyl (C=O) groups is 1. The molecule has 0 aliphatic heterocycles. The van der Waals surface area contributed by atoms with Crippen molar-refractivity contribution in [3.63, 3.8) is 0 Å². The summed E-state index contributed by atoms with van der Waals surface area (Å²) in [5, 5.41) is 0. The lowest BCUT2D eigenvalue weighted by atomic mass is 10.2. The Hall–Kier alpha value is -0.120. The maximum absolute atomic E-state index is 11.1. The van der Waals surface area contributed by atoms with Crippen molar-refractivity contribution in [3.05, 3.63) is 23.3 Å². The number of halogens is 1. The standard InChI is InChI=1S/C9H13IO/c1-7(2)4-9(11)5-8(3)6-10/h4-5H,6H2,1-3H3. The van der Waals surface area contributed by atoms with Crippen LogP contribution in [-0.2, 0) is 4.79 Å².